The molecule has 5 nitrogen and oxygen atoms in total. The molecular weight excluding hydrogens is 393 g/mol. The summed E-state index contributed by atoms with van der Waals surface area (Å²) in [6, 6.07) is 10.4. The normalized spacial score (nSPS) is 14.5. The number of fused-ring (bicyclic) bond motifs is 1. The lowest BCUT2D eigenvalue weighted by molar-refractivity contribution is -0.117. The summed E-state index contributed by atoms with van der Waals surface area (Å²) >= 11 is 5.96. The molecule has 3 rings (SSSR count). The number of nitrogens with one attached hydrogen (secondary N) is 1. The fourth-order valence-electron chi connectivity index (χ4n) is 2.58. The molecule has 0 unspecified atom stereocenters. The Morgan fingerprint density at radius 3 is 2.38 bits per heavy atom. The second kappa shape index (κ2) is 6.48. The first kappa shape index (κ1) is 18.5. The van der Waals surface area contributed by atoms with Crippen LogP contribution in [-0.2, 0) is 27.8 Å². The van der Waals surface area contributed by atoms with Crippen molar-refractivity contribution in [3.63, 3.8) is 0 Å². The lowest BCUT2D eigenvalue weighted by atomic mass is 10.1. The molecule has 0 fully saturated rings. The van der Waals surface area contributed by atoms with E-state index >= 15 is 0 Å². The van der Waals surface area contributed by atoms with Gasteiger partial charge >= 0.3 is 15.5 Å². The highest BCUT2D eigenvalue weighted by Gasteiger charge is 2.46. The van der Waals surface area contributed by atoms with Crippen LogP contribution in [0.25, 0.3) is 0 Å². The average Bonchev–Trinajstić information content (AvgIpc) is 2.83. The number of rotatable bonds is 4. The van der Waals surface area contributed by atoms with Crippen LogP contribution in [-0.4, -0.2) is 19.8 Å². The molecule has 1 aliphatic rings. The number of carbonyl (C=O) groups excluding carboxylic acids is 1. The number of hydrogen-bond acceptors (Lipinski definition) is 3. The maximum atomic E-state index is 12.4. The summed E-state index contributed by atoms with van der Waals surface area (Å²) in [5.74, 6) is -0.121. The third kappa shape index (κ3) is 3.63. The van der Waals surface area contributed by atoms with Gasteiger partial charge in [0.25, 0.3) is 0 Å². The molecule has 1 N–H and O–H groups in total. The van der Waals surface area contributed by atoms with Gasteiger partial charge in [0.05, 0.1) is 13.0 Å². The molecule has 26 heavy (non-hydrogen) atoms. The maximum Gasteiger partial charge on any atom is 0.516 e. The van der Waals surface area contributed by atoms with E-state index in [1.807, 2.05) is 0 Å². The monoisotopic (exact) mass is 404 g/mol. The molecule has 2 aromatic carbocycles. The highest BCUT2D eigenvalue weighted by atomic mass is 35.5. The lowest BCUT2D eigenvalue weighted by Crippen LogP contribution is -2.30. The van der Waals surface area contributed by atoms with Crippen molar-refractivity contribution in [1.29, 1.82) is 0 Å². The Hall–Kier alpha value is -2.26. The Kier molecular flexibility index (Phi) is 4.61. The zero-order chi connectivity index (χ0) is 19.1. The van der Waals surface area contributed by atoms with E-state index in [1.165, 1.54) is 33.9 Å². The van der Waals surface area contributed by atoms with E-state index in [2.05, 4.69) is 0 Å². The fourth-order valence-corrected chi connectivity index (χ4v) is 3.31. The van der Waals surface area contributed by atoms with E-state index in [1.54, 1.807) is 18.2 Å². The Bertz CT molecular complexity index is 960. The third-order valence-corrected chi connectivity index (χ3v) is 5.18. The molecule has 0 aromatic heterocycles. The van der Waals surface area contributed by atoms with Gasteiger partial charge < -0.3 is 4.90 Å². The second-order valence-electron chi connectivity index (χ2n) is 5.68. The lowest BCUT2D eigenvalue weighted by Gasteiger charge is -2.18. The summed E-state index contributed by atoms with van der Waals surface area (Å²) in [7, 11) is -5.47. The van der Waals surface area contributed by atoms with Crippen LogP contribution in [0.1, 0.15) is 11.1 Å². The van der Waals surface area contributed by atoms with Gasteiger partial charge in [0.15, 0.2) is 0 Å². The Morgan fingerprint density at radius 2 is 1.77 bits per heavy atom. The molecular formula is C16H12ClF3N2O3S. The first-order valence-electron chi connectivity index (χ1n) is 7.34. The Morgan fingerprint density at radius 1 is 1.12 bits per heavy atom. The number of benzene rings is 2. The van der Waals surface area contributed by atoms with Crippen molar-refractivity contribution in [1.82, 2.24) is 0 Å². The minimum atomic E-state index is -5.47. The third-order valence-electron chi connectivity index (χ3n) is 3.83. The number of nitrogens with zero attached hydrogens (tertiary/aromatic N) is 1. The number of halogens is 4. The number of amides is 1. The molecule has 0 saturated heterocycles. The van der Waals surface area contributed by atoms with Gasteiger partial charge in [-0.2, -0.15) is 21.6 Å². The zero-order valence-corrected chi connectivity index (χ0v) is 14.6. The second-order valence-corrected chi connectivity index (χ2v) is 7.79. The van der Waals surface area contributed by atoms with E-state index in [4.69, 9.17) is 11.6 Å². The zero-order valence-electron chi connectivity index (χ0n) is 13.0. The topological polar surface area (TPSA) is 66.5 Å². The van der Waals surface area contributed by atoms with Gasteiger partial charge in [-0.25, -0.2) is 0 Å². The van der Waals surface area contributed by atoms with Gasteiger partial charge in [-0.1, -0.05) is 29.8 Å². The molecule has 2 aromatic rings. The highest BCUT2D eigenvalue weighted by Crippen LogP contribution is 2.33. The summed E-state index contributed by atoms with van der Waals surface area (Å²) in [5.41, 5.74) is -3.46. The standard InChI is InChI=1S/C16H12ClF3N2O3S/c17-12-4-3-11-7-15(23)22(14(11)8-12)9-10-1-5-13(6-2-10)21-26(24,25)16(18,19)20/h1-6,8,21H,7,9H2. The van der Waals surface area contributed by atoms with Gasteiger partial charge in [-0.05, 0) is 35.4 Å². The molecule has 0 spiro atoms. The summed E-state index contributed by atoms with van der Waals surface area (Å²) in [6.07, 6.45) is 0.246. The van der Waals surface area contributed by atoms with Gasteiger partial charge in [-0.3, -0.25) is 9.52 Å². The van der Waals surface area contributed by atoms with E-state index in [-0.39, 0.29) is 24.6 Å². The van der Waals surface area contributed by atoms with E-state index in [9.17, 15) is 26.4 Å². The number of hydrogen-bond donors (Lipinski definition) is 1. The molecule has 138 valence electrons. The van der Waals surface area contributed by atoms with Crippen LogP contribution in [0.4, 0.5) is 24.5 Å². The van der Waals surface area contributed by atoms with E-state index < -0.39 is 15.5 Å². The van der Waals surface area contributed by atoms with Gasteiger partial charge in [-0.15, -0.1) is 0 Å². The predicted octanol–water partition coefficient (Wildman–Crippen LogP) is 3.69. The molecule has 0 saturated carbocycles. The van der Waals surface area contributed by atoms with Gasteiger partial charge in [0, 0.05) is 16.4 Å². The molecule has 0 atom stereocenters. The maximum absolute atomic E-state index is 12.4. The summed E-state index contributed by atoms with van der Waals surface area (Å²) in [4.78, 5) is 13.7. The van der Waals surface area contributed by atoms with Crippen LogP contribution >= 0.6 is 11.6 Å². The Labute approximate surface area is 152 Å². The van der Waals surface area contributed by atoms with Gasteiger partial charge in [0.1, 0.15) is 0 Å². The van der Waals surface area contributed by atoms with E-state index in [0.29, 0.717) is 16.3 Å². The minimum absolute atomic E-state index is 0.121. The minimum Gasteiger partial charge on any atom is -0.307 e. The molecule has 0 aliphatic carbocycles. The largest absolute Gasteiger partial charge is 0.516 e. The number of alkyl halides is 3. The summed E-state index contributed by atoms with van der Waals surface area (Å²) < 4.78 is 60.8. The molecule has 1 amide bonds. The number of sulfonamides is 1. The molecule has 0 radical (unpaired) electrons. The van der Waals surface area contributed by atoms with Crippen molar-refractivity contribution < 1.29 is 26.4 Å². The van der Waals surface area contributed by atoms with Crippen molar-refractivity contribution in [2.24, 2.45) is 0 Å². The summed E-state index contributed by atoms with van der Waals surface area (Å²) in [5, 5.41) is 0.486. The molecule has 0 bridgehead atoms. The van der Waals surface area contributed by atoms with Crippen molar-refractivity contribution in [3.8, 4) is 0 Å². The molecule has 1 heterocycles. The van der Waals surface area contributed by atoms with Crippen molar-refractivity contribution in [3.05, 3.63) is 58.6 Å². The van der Waals surface area contributed by atoms with Gasteiger partial charge in [0.2, 0.25) is 5.91 Å². The van der Waals surface area contributed by atoms with Crippen LogP contribution in [0.2, 0.25) is 5.02 Å². The Balaban J connectivity index is 1.77. The molecule has 10 heteroatoms. The average molecular weight is 405 g/mol. The van der Waals surface area contributed by atoms with Crippen LogP contribution in [0.15, 0.2) is 42.5 Å². The number of anilines is 2. The predicted molar refractivity (Wildman–Crippen MR) is 91.4 cm³/mol. The smallest absolute Gasteiger partial charge is 0.307 e. The molecule has 1 aliphatic heterocycles. The van der Waals surface area contributed by atoms with Crippen LogP contribution in [0.5, 0.6) is 0 Å². The quantitative estimate of drug-likeness (QED) is 0.845. The summed E-state index contributed by atoms with van der Waals surface area (Å²) in [6.45, 7) is 0.193. The van der Waals surface area contributed by atoms with Crippen molar-refractivity contribution in [2.45, 2.75) is 18.5 Å². The van der Waals surface area contributed by atoms with Crippen molar-refractivity contribution >= 4 is 38.9 Å². The van der Waals surface area contributed by atoms with Crippen LogP contribution < -0.4 is 9.62 Å². The first-order chi connectivity index (χ1) is 12.1. The fraction of sp³-hybridized carbons (Fsp3) is 0.188. The SMILES string of the molecule is O=C1Cc2ccc(Cl)cc2N1Cc1ccc(NS(=O)(=O)C(F)(F)F)cc1. The number of carbonyl (C=O) groups is 1. The van der Waals surface area contributed by atoms with Crippen LogP contribution in [0.3, 0.4) is 0 Å². The highest BCUT2D eigenvalue weighted by molar-refractivity contribution is 7.93. The first-order valence-corrected chi connectivity index (χ1v) is 9.20. The van der Waals surface area contributed by atoms with E-state index in [0.717, 1.165) is 5.56 Å². The van der Waals surface area contributed by atoms with Crippen LogP contribution in [0, 0.1) is 0 Å². The van der Waals surface area contributed by atoms with Crippen molar-refractivity contribution in [2.75, 3.05) is 9.62 Å².